The Morgan fingerprint density at radius 1 is 1.29 bits per heavy atom. The maximum atomic E-state index is 5.32. The van der Waals surface area contributed by atoms with Crippen LogP contribution in [0.25, 0.3) is 0 Å². The van der Waals surface area contributed by atoms with Gasteiger partial charge in [0.15, 0.2) is 0 Å². The molecule has 84 valence electrons. The second-order valence-corrected chi connectivity index (χ2v) is 4.39. The first-order valence-corrected chi connectivity index (χ1v) is 6.16. The van der Waals surface area contributed by atoms with Crippen molar-refractivity contribution in [3.8, 4) is 0 Å². The highest BCUT2D eigenvalue weighted by Gasteiger charge is 2.16. The zero-order valence-corrected chi connectivity index (χ0v) is 9.72. The van der Waals surface area contributed by atoms with E-state index in [1.807, 2.05) is 0 Å². The molecule has 1 saturated heterocycles. The topological polar surface area (TPSA) is 21.3 Å². The minimum Gasteiger partial charge on any atom is -0.382 e. The van der Waals surface area contributed by atoms with Gasteiger partial charge < -0.3 is 10.1 Å². The van der Waals surface area contributed by atoms with Crippen LogP contribution in [0.4, 0.5) is 0 Å². The van der Waals surface area contributed by atoms with Crippen molar-refractivity contribution in [1.29, 1.82) is 0 Å². The largest absolute Gasteiger partial charge is 0.382 e. The predicted molar refractivity (Wildman–Crippen MR) is 60.6 cm³/mol. The van der Waals surface area contributed by atoms with E-state index >= 15 is 0 Å². The zero-order chi connectivity index (χ0) is 10.2. The molecule has 1 fully saturated rings. The Hall–Kier alpha value is -0.0800. The van der Waals surface area contributed by atoms with Crippen LogP contribution < -0.4 is 5.32 Å². The Bertz CT molecular complexity index is 138. The lowest BCUT2D eigenvalue weighted by molar-refractivity contribution is 0.141. The van der Waals surface area contributed by atoms with E-state index < -0.39 is 0 Å². The Labute approximate surface area is 88.4 Å². The Kier molecular flexibility index (Phi) is 6.20. The Balaban J connectivity index is 1.95. The molecule has 0 spiro atoms. The molecule has 0 amide bonds. The van der Waals surface area contributed by atoms with Crippen LogP contribution in [0.3, 0.4) is 0 Å². The van der Waals surface area contributed by atoms with E-state index in [1.165, 1.54) is 38.5 Å². The number of unbranched alkanes of at least 4 members (excludes halogenated alkanes) is 1. The standard InChI is InChI=1S/C12H25NO/c1-3-14-10-5-4-8-12-9-6-7-11(2)13-12/h11-13H,3-10H2,1-2H3/t11-,12-/m0/s1. The molecule has 0 radical (unpaired) electrons. The van der Waals surface area contributed by atoms with Crippen LogP contribution in [0.1, 0.15) is 52.4 Å². The van der Waals surface area contributed by atoms with E-state index in [0.29, 0.717) is 0 Å². The summed E-state index contributed by atoms with van der Waals surface area (Å²) in [5.41, 5.74) is 0. The van der Waals surface area contributed by atoms with Crippen LogP contribution in [0, 0.1) is 0 Å². The lowest BCUT2D eigenvalue weighted by Crippen LogP contribution is -2.40. The molecule has 0 aromatic carbocycles. The monoisotopic (exact) mass is 199 g/mol. The van der Waals surface area contributed by atoms with Crippen LogP contribution in [-0.4, -0.2) is 25.3 Å². The van der Waals surface area contributed by atoms with Crippen LogP contribution in [0.5, 0.6) is 0 Å². The molecule has 2 heteroatoms. The second kappa shape index (κ2) is 7.24. The lowest BCUT2D eigenvalue weighted by atomic mass is 9.96. The van der Waals surface area contributed by atoms with Crippen molar-refractivity contribution in [3.63, 3.8) is 0 Å². The molecule has 1 aliphatic heterocycles. The molecular weight excluding hydrogens is 174 g/mol. The molecule has 1 rings (SSSR count). The highest BCUT2D eigenvalue weighted by molar-refractivity contribution is 4.77. The van der Waals surface area contributed by atoms with Crippen molar-refractivity contribution in [3.05, 3.63) is 0 Å². The van der Waals surface area contributed by atoms with E-state index in [4.69, 9.17) is 4.74 Å². The van der Waals surface area contributed by atoms with Gasteiger partial charge >= 0.3 is 0 Å². The molecule has 0 aliphatic carbocycles. The first-order chi connectivity index (χ1) is 6.83. The summed E-state index contributed by atoms with van der Waals surface area (Å²) in [7, 11) is 0. The lowest BCUT2D eigenvalue weighted by Gasteiger charge is -2.28. The Morgan fingerprint density at radius 2 is 2.14 bits per heavy atom. The number of piperidine rings is 1. The van der Waals surface area contributed by atoms with Crippen molar-refractivity contribution in [1.82, 2.24) is 5.32 Å². The second-order valence-electron chi connectivity index (χ2n) is 4.39. The minimum atomic E-state index is 0.737. The highest BCUT2D eigenvalue weighted by atomic mass is 16.5. The molecule has 2 atom stereocenters. The molecule has 1 N–H and O–H groups in total. The van der Waals surface area contributed by atoms with Gasteiger partial charge in [-0.3, -0.25) is 0 Å². The molecule has 1 heterocycles. The van der Waals surface area contributed by atoms with E-state index in [-0.39, 0.29) is 0 Å². The molecule has 0 unspecified atom stereocenters. The first kappa shape index (κ1) is 12.0. The number of ether oxygens (including phenoxy) is 1. The molecule has 0 aromatic heterocycles. The smallest absolute Gasteiger partial charge is 0.0465 e. The third-order valence-electron chi connectivity index (χ3n) is 3.01. The van der Waals surface area contributed by atoms with Crippen molar-refractivity contribution in [2.75, 3.05) is 13.2 Å². The number of hydrogen-bond donors (Lipinski definition) is 1. The molecule has 1 aliphatic rings. The third-order valence-corrected chi connectivity index (χ3v) is 3.01. The quantitative estimate of drug-likeness (QED) is 0.664. The molecule has 0 aromatic rings. The summed E-state index contributed by atoms with van der Waals surface area (Å²) in [4.78, 5) is 0. The summed E-state index contributed by atoms with van der Waals surface area (Å²) in [6.45, 7) is 6.16. The fourth-order valence-electron chi connectivity index (χ4n) is 2.21. The molecule has 14 heavy (non-hydrogen) atoms. The SMILES string of the molecule is CCOCCCC[C@H]1CCC[C@H](C)N1. The average Bonchev–Trinajstić information content (AvgIpc) is 2.18. The van der Waals surface area contributed by atoms with Gasteiger partial charge in [-0.2, -0.15) is 0 Å². The van der Waals surface area contributed by atoms with Crippen molar-refractivity contribution in [2.45, 2.75) is 64.5 Å². The molecule has 0 bridgehead atoms. The highest BCUT2D eigenvalue weighted by Crippen LogP contribution is 2.16. The van der Waals surface area contributed by atoms with Gasteiger partial charge in [0.2, 0.25) is 0 Å². The summed E-state index contributed by atoms with van der Waals surface area (Å²) < 4.78 is 5.32. The van der Waals surface area contributed by atoms with Crippen molar-refractivity contribution >= 4 is 0 Å². The van der Waals surface area contributed by atoms with E-state index in [1.54, 1.807) is 0 Å². The first-order valence-electron chi connectivity index (χ1n) is 6.16. The van der Waals surface area contributed by atoms with Gasteiger partial charge in [0.1, 0.15) is 0 Å². The van der Waals surface area contributed by atoms with Crippen molar-refractivity contribution < 1.29 is 4.74 Å². The number of rotatable bonds is 6. The van der Waals surface area contributed by atoms with Gasteiger partial charge in [0, 0.05) is 25.3 Å². The molecular formula is C12H25NO. The van der Waals surface area contributed by atoms with Gasteiger partial charge in [0.25, 0.3) is 0 Å². The number of nitrogens with one attached hydrogen (secondary N) is 1. The maximum absolute atomic E-state index is 5.32. The fourth-order valence-corrected chi connectivity index (χ4v) is 2.21. The van der Waals surface area contributed by atoms with Gasteiger partial charge in [-0.15, -0.1) is 0 Å². The summed E-state index contributed by atoms with van der Waals surface area (Å²) in [6, 6.07) is 1.51. The summed E-state index contributed by atoms with van der Waals surface area (Å²) >= 11 is 0. The number of hydrogen-bond acceptors (Lipinski definition) is 2. The van der Waals surface area contributed by atoms with Crippen LogP contribution in [0.15, 0.2) is 0 Å². The van der Waals surface area contributed by atoms with Gasteiger partial charge in [0.05, 0.1) is 0 Å². The minimum absolute atomic E-state index is 0.737. The van der Waals surface area contributed by atoms with Gasteiger partial charge in [-0.1, -0.05) is 6.42 Å². The summed E-state index contributed by atoms with van der Waals surface area (Å²) in [5, 5.41) is 3.67. The predicted octanol–water partition coefficient (Wildman–Crippen LogP) is 2.72. The van der Waals surface area contributed by atoms with Crippen molar-refractivity contribution in [2.24, 2.45) is 0 Å². The van der Waals surface area contributed by atoms with Crippen LogP contribution in [-0.2, 0) is 4.74 Å². The zero-order valence-electron chi connectivity index (χ0n) is 9.72. The normalized spacial score (nSPS) is 27.9. The van der Waals surface area contributed by atoms with Gasteiger partial charge in [-0.05, 0) is 46.0 Å². The maximum Gasteiger partial charge on any atom is 0.0465 e. The fraction of sp³-hybridized carbons (Fsp3) is 1.00. The third kappa shape index (κ3) is 4.97. The molecule has 0 saturated carbocycles. The van der Waals surface area contributed by atoms with E-state index in [9.17, 15) is 0 Å². The van der Waals surface area contributed by atoms with Crippen LogP contribution in [0.2, 0.25) is 0 Å². The average molecular weight is 199 g/mol. The van der Waals surface area contributed by atoms with E-state index in [2.05, 4.69) is 19.2 Å². The van der Waals surface area contributed by atoms with Gasteiger partial charge in [-0.25, -0.2) is 0 Å². The Morgan fingerprint density at radius 3 is 2.86 bits per heavy atom. The van der Waals surface area contributed by atoms with Crippen LogP contribution >= 0.6 is 0 Å². The summed E-state index contributed by atoms with van der Waals surface area (Å²) in [5.74, 6) is 0. The summed E-state index contributed by atoms with van der Waals surface area (Å²) in [6.07, 6.45) is 8.00. The van der Waals surface area contributed by atoms with E-state index in [0.717, 1.165) is 25.3 Å². The molecule has 2 nitrogen and oxygen atoms in total.